The van der Waals surface area contributed by atoms with Crippen molar-refractivity contribution in [2.24, 2.45) is 17.8 Å². The van der Waals surface area contributed by atoms with E-state index in [9.17, 15) is 24.3 Å². The van der Waals surface area contributed by atoms with Gasteiger partial charge in [-0.25, -0.2) is 0 Å². The smallest absolute Gasteiger partial charge is 0.238 e. The number of phenols is 1. The van der Waals surface area contributed by atoms with E-state index in [2.05, 4.69) is 0 Å². The van der Waals surface area contributed by atoms with Gasteiger partial charge in [0.1, 0.15) is 0 Å². The number of aromatic hydroxyl groups is 1. The summed E-state index contributed by atoms with van der Waals surface area (Å²) >= 11 is 0. The minimum absolute atomic E-state index is 0.161. The van der Waals surface area contributed by atoms with Gasteiger partial charge < -0.3 is 14.6 Å². The fourth-order valence-electron chi connectivity index (χ4n) is 6.96. The SMILES string of the molecule is CCc1ccc(N2C(=O)C3CC=C4C(c5cc(OC)c(O)c(OC)c5)C5=C(CC4C3C2=O)C(=O)C=C(C)C5=O)cc1. The van der Waals surface area contributed by atoms with Crippen molar-refractivity contribution in [3.8, 4) is 17.2 Å². The lowest BCUT2D eigenvalue weighted by Gasteiger charge is -2.42. The van der Waals surface area contributed by atoms with Gasteiger partial charge in [-0.15, -0.1) is 0 Å². The molecule has 41 heavy (non-hydrogen) atoms. The number of nitrogens with zero attached hydrogens (tertiary/aromatic N) is 1. The highest BCUT2D eigenvalue weighted by atomic mass is 16.5. The molecular weight excluding hydrogens is 522 g/mol. The maximum atomic E-state index is 14.0. The Morgan fingerprint density at radius 1 is 0.951 bits per heavy atom. The highest BCUT2D eigenvalue weighted by Crippen LogP contribution is 2.56. The average Bonchev–Trinajstić information content (AvgIpc) is 3.24. The van der Waals surface area contributed by atoms with Crippen molar-refractivity contribution < 1.29 is 33.8 Å². The molecule has 6 rings (SSSR count). The fourth-order valence-corrected chi connectivity index (χ4v) is 6.96. The van der Waals surface area contributed by atoms with Crippen LogP contribution in [0.25, 0.3) is 0 Å². The lowest BCUT2D eigenvalue weighted by atomic mass is 9.59. The third-order valence-corrected chi connectivity index (χ3v) is 9.00. The number of Topliss-reactive ketones (excluding diaryl/α,β-unsaturated/α-hetero) is 1. The van der Waals surface area contributed by atoms with E-state index in [0.717, 1.165) is 17.6 Å². The third-order valence-electron chi connectivity index (χ3n) is 9.00. The Morgan fingerprint density at radius 3 is 2.22 bits per heavy atom. The van der Waals surface area contributed by atoms with Crippen LogP contribution in [0.1, 0.15) is 43.7 Å². The van der Waals surface area contributed by atoms with Crippen LogP contribution in [0.2, 0.25) is 0 Å². The molecule has 0 spiro atoms. The topological polar surface area (TPSA) is 110 Å². The van der Waals surface area contributed by atoms with E-state index in [1.165, 1.54) is 25.2 Å². The van der Waals surface area contributed by atoms with Crippen molar-refractivity contribution in [3.05, 3.63) is 82.0 Å². The number of anilines is 1. The summed E-state index contributed by atoms with van der Waals surface area (Å²) in [5.74, 6) is -3.23. The van der Waals surface area contributed by atoms with E-state index in [-0.39, 0.29) is 47.1 Å². The van der Waals surface area contributed by atoms with Crippen LogP contribution >= 0.6 is 0 Å². The number of carbonyl (C=O) groups is 4. The number of ketones is 2. The first-order valence-electron chi connectivity index (χ1n) is 13.8. The maximum Gasteiger partial charge on any atom is 0.238 e. The standard InChI is InChI=1S/C33H31NO7/c1-5-17-6-8-19(9-7-17)34-32(38)21-11-10-20-22(28(21)33(34)39)15-23-24(35)12-16(2)30(36)29(23)27(20)18-13-25(40-3)31(37)26(14-18)41-4/h6-10,12-14,21-22,27-28,37H,5,11,15H2,1-4H3. The molecule has 1 aliphatic heterocycles. The number of hydrogen-bond acceptors (Lipinski definition) is 7. The molecule has 1 fully saturated rings. The normalized spacial score (nSPS) is 25.4. The molecule has 4 aliphatic rings. The van der Waals surface area contributed by atoms with E-state index < -0.39 is 23.7 Å². The molecule has 1 N–H and O–H groups in total. The van der Waals surface area contributed by atoms with Crippen molar-refractivity contribution in [1.29, 1.82) is 0 Å². The predicted molar refractivity (Wildman–Crippen MR) is 151 cm³/mol. The van der Waals surface area contributed by atoms with E-state index in [4.69, 9.17) is 9.47 Å². The Kier molecular flexibility index (Phi) is 6.44. The number of benzene rings is 2. The number of amides is 2. The van der Waals surface area contributed by atoms with Crippen LogP contribution in [-0.2, 0) is 25.6 Å². The van der Waals surface area contributed by atoms with Crippen LogP contribution in [-0.4, -0.2) is 42.7 Å². The van der Waals surface area contributed by atoms with E-state index in [1.54, 1.807) is 31.2 Å². The molecule has 8 heteroatoms. The fraction of sp³-hybridized carbons (Fsp3) is 0.333. The molecule has 4 atom stereocenters. The molecule has 2 amide bonds. The van der Waals surface area contributed by atoms with Crippen LogP contribution in [0.15, 0.2) is 70.8 Å². The molecule has 0 saturated carbocycles. The van der Waals surface area contributed by atoms with Crippen molar-refractivity contribution in [1.82, 2.24) is 0 Å². The maximum absolute atomic E-state index is 14.0. The summed E-state index contributed by atoms with van der Waals surface area (Å²) in [6.45, 7) is 3.66. The number of imide groups is 1. The zero-order chi connectivity index (χ0) is 29.2. The first-order chi connectivity index (χ1) is 19.7. The molecule has 8 nitrogen and oxygen atoms in total. The van der Waals surface area contributed by atoms with Gasteiger partial charge in [-0.05, 0) is 73.6 Å². The summed E-state index contributed by atoms with van der Waals surface area (Å²) in [5.41, 5.74) is 4.14. The Balaban J connectivity index is 1.49. The highest BCUT2D eigenvalue weighted by molar-refractivity contribution is 6.25. The Bertz CT molecular complexity index is 1590. The average molecular weight is 554 g/mol. The van der Waals surface area contributed by atoms with Gasteiger partial charge in [-0.2, -0.15) is 0 Å². The zero-order valence-corrected chi connectivity index (χ0v) is 23.4. The molecule has 3 aliphatic carbocycles. The van der Waals surface area contributed by atoms with Gasteiger partial charge in [0, 0.05) is 22.6 Å². The molecule has 0 aromatic heterocycles. The van der Waals surface area contributed by atoms with Crippen LogP contribution in [0.3, 0.4) is 0 Å². The summed E-state index contributed by atoms with van der Waals surface area (Å²) in [6.07, 6.45) is 4.70. The van der Waals surface area contributed by atoms with Crippen LogP contribution in [0.5, 0.6) is 17.2 Å². The van der Waals surface area contributed by atoms with Crippen molar-refractivity contribution in [2.45, 2.75) is 39.0 Å². The predicted octanol–water partition coefficient (Wildman–Crippen LogP) is 4.61. The number of methoxy groups -OCH3 is 2. The molecule has 210 valence electrons. The Hall–Kier alpha value is -4.46. The minimum atomic E-state index is -0.672. The second-order valence-corrected chi connectivity index (χ2v) is 11.0. The number of hydrogen-bond donors (Lipinski definition) is 1. The number of fused-ring (bicyclic) bond motifs is 3. The number of ether oxygens (including phenoxy) is 2. The van der Waals surface area contributed by atoms with Crippen molar-refractivity contribution in [3.63, 3.8) is 0 Å². The summed E-state index contributed by atoms with van der Waals surface area (Å²) in [5, 5.41) is 10.6. The first-order valence-corrected chi connectivity index (χ1v) is 13.8. The molecular formula is C33H31NO7. The van der Waals surface area contributed by atoms with Gasteiger partial charge in [0.05, 0.1) is 31.7 Å². The third kappa shape index (κ3) is 3.96. The lowest BCUT2D eigenvalue weighted by molar-refractivity contribution is -0.123. The monoisotopic (exact) mass is 553 g/mol. The lowest BCUT2D eigenvalue weighted by Crippen LogP contribution is -2.39. The van der Waals surface area contributed by atoms with Gasteiger partial charge in [-0.3, -0.25) is 24.1 Å². The van der Waals surface area contributed by atoms with E-state index in [1.807, 2.05) is 25.1 Å². The van der Waals surface area contributed by atoms with Crippen LogP contribution in [0, 0.1) is 17.8 Å². The Labute approximate surface area is 237 Å². The second-order valence-electron chi connectivity index (χ2n) is 11.0. The molecule has 2 aromatic carbocycles. The van der Waals surface area contributed by atoms with E-state index in [0.29, 0.717) is 34.4 Å². The summed E-state index contributed by atoms with van der Waals surface area (Å²) < 4.78 is 10.8. The number of allylic oxidation sites excluding steroid dienone is 6. The van der Waals surface area contributed by atoms with Crippen LogP contribution in [0.4, 0.5) is 5.69 Å². The number of rotatable bonds is 5. The quantitative estimate of drug-likeness (QED) is 0.327. The summed E-state index contributed by atoms with van der Waals surface area (Å²) in [7, 11) is 2.84. The van der Waals surface area contributed by atoms with Gasteiger partial charge in [0.15, 0.2) is 23.1 Å². The summed E-state index contributed by atoms with van der Waals surface area (Å²) in [6, 6.07) is 10.7. The zero-order valence-electron chi connectivity index (χ0n) is 23.4. The largest absolute Gasteiger partial charge is 0.502 e. The molecule has 1 saturated heterocycles. The highest BCUT2D eigenvalue weighted by Gasteiger charge is 2.56. The number of carbonyl (C=O) groups excluding carboxylic acids is 4. The van der Waals surface area contributed by atoms with Gasteiger partial charge in [0.25, 0.3) is 0 Å². The van der Waals surface area contributed by atoms with Crippen LogP contribution < -0.4 is 14.4 Å². The Morgan fingerprint density at radius 2 is 1.61 bits per heavy atom. The first kappa shape index (κ1) is 26.7. The molecule has 2 aromatic rings. The van der Waals surface area contributed by atoms with Gasteiger partial charge in [0.2, 0.25) is 17.6 Å². The molecule has 0 bridgehead atoms. The minimum Gasteiger partial charge on any atom is -0.502 e. The van der Waals surface area contributed by atoms with Gasteiger partial charge >= 0.3 is 0 Å². The summed E-state index contributed by atoms with van der Waals surface area (Å²) in [4.78, 5) is 56.0. The number of phenolic OH excluding ortho intramolecular Hbond substituents is 1. The molecule has 1 heterocycles. The second kappa shape index (κ2) is 9.87. The van der Waals surface area contributed by atoms with Gasteiger partial charge in [-0.1, -0.05) is 30.7 Å². The van der Waals surface area contributed by atoms with E-state index >= 15 is 0 Å². The molecule has 0 radical (unpaired) electrons. The number of aryl methyl sites for hydroxylation is 1. The molecule has 4 unspecified atom stereocenters. The van der Waals surface area contributed by atoms with Crippen molar-refractivity contribution in [2.75, 3.05) is 19.1 Å². The van der Waals surface area contributed by atoms with Crippen molar-refractivity contribution >= 4 is 29.1 Å².